The molecule has 1 aromatic heterocycles. The molecule has 2 N–H and O–H groups in total. The monoisotopic (exact) mass is 487 g/mol. The number of nitrogens with zero attached hydrogens (tertiary/aromatic N) is 2. The molecule has 1 heterocycles. The van der Waals surface area contributed by atoms with Gasteiger partial charge in [0, 0.05) is 18.3 Å². The molecule has 0 fully saturated rings. The van der Waals surface area contributed by atoms with Gasteiger partial charge in [-0.15, -0.1) is 0 Å². The molecule has 35 heavy (non-hydrogen) atoms. The van der Waals surface area contributed by atoms with Gasteiger partial charge in [0.05, 0.1) is 23.9 Å². The molecule has 0 saturated carbocycles. The lowest BCUT2D eigenvalue weighted by molar-refractivity contribution is -0.138. The predicted octanol–water partition coefficient (Wildman–Crippen LogP) is 5.47. The van der Waals surface area contributed by atoms with Crippen molar-refractivity contribution in [2.45, 2.75) is 45.2 Å². The Balaban J connectivity index is 1.70. The zero-order chi connectivity index (χ0) is 25.6. The number of carbonyl (C=O) groups is 2. The number of rotatable bonds is 10. The van der Waals surface area contributed by atoms with E-state index in [0.717, 1.165) is 36.4 Å². The molecule has 6 nitrogen and oxygen atoms in total. The molecule has 3 rings (SSSR count). The fourth-order valence-corrected chi connectivity index (χ4v) is 3.88. The van der Waals surface area contributed by atoms with E-state index in [1.807, 2.05) is 24.3 Å². The zero-order valence-corrected chi connectivity index (χ0v) is 19.5. The third kappa shape index (κ3) is 7.43. The van der Waals surface area contributed by atoms with E-state index >= 15 is 0 Å². The third-order valence-corrected chi connectivity index (χ3v) is 5.62. The van der Waals surface area contributed by atoms with E-state index in [1.54, 1.807) is 24.3 Å². The van der Waals surface area contributed by atoms with Gasteiger partial charge in [-0.25, -0.2) is 4.68 Å². The van der Waals surface area contributed by atoms with Crippen molar-refractivity contribution < 1.29 is 27.9 Å². The number of carboxylic acid groups (broad SMARTS) is 1. The van der Waals surface area contributed by atoms with E-state index in [-0.39, 0.29) is 24.8 Å². The van der Waals surface area contributed by atoms with Crippen LogP contribution in [0, 0.1) is 5.92 Å². The van der Waals surface area contributed by atoms with Crippen molar-refractivity contribution in [3.05, 3.63) is 83.2 Å². The number of halogens is 3. The average Bonchev–Trinajstić information content (AvgIpc) is 3.30. The maximum Gasteiger partial charge on any atom is 0.419 e. The van der Waals surface area contributed by atoms with Crippen molar-refractivity contribution in [2.75, 3.05) is 6.54 Å². The molecule has 0 spiro atoms. The summed E-state index contributed by atoms with van der Waals surface area (Å²) in [5.74, 6) is -0.670. The number of hydrogen-bond donors (Lipinski definition) is 2. The number of carboxylic acids is 1. The van der Waals surface area contributed by atoms with Gasteiger partial charge in [-0.1, -0.05) is 38.1 Å². The van der Waals surface area contributed by atoms with Gasteiger partial charge in [-0.05, 0) is 60.1 Å². The second-order valence-corrected chi connectivity index (χ2v) is 8.89. The first-order valence-electron chi connectivity index (χ1n) is 11.3. The molecule has 186 valence electrons. The summed E-state index contributed by atoms with van der Waals surface area (Å²) in [7, 11) is 0. The largest absolute Gasteiger partial charge is 0.481 e. The van der Waals surface area contributed by atoms with Crippen molar-refractivity contribution in [3.8, 4) is 5.69 Å². The standard InChI is InChI=1S/C26H28F3N3O3/c1-17(2)13-21(19-5-7-20(8-6-19)25(35)30-12-11-24(33)34)14-18-3-9-23(10-4-18)32-16-22(15-31-32)26(27,28)29/h3-10,15-17,21H,11-14H2,1-2H3,(H,30,35)(H,33,34). The number of amides is 1. The number of aromatic nitrogens is 2. The van der Waals surface area contributed by atoms with Crippen LogP contribution in [-0.2, 0) is 17.4 Å². The summed E-state index contributed by atoms with van der Waals surface area (Å²) in [4.78, 5) is 22.8. The van der Waals surface area contributed by atoms with Crippen LogP contribution in [0.3, 0.4) is 0 Å². The van der Waals surface area contributed by atoms with E-state index < -0.39 is 17.7 Å². The minimum absolute atomic E-state index is 0.0674. The van der Waals surface area contributed by atoms with E-state index in [9.17, 15) is 22.8 Å². The predicted molar refractivity (Wildman–Crippen MR) is 125 cm³/mol. The molecule has 0 aliphatic heterocycles. The first kappa shape index (κ1) is 26.0. The van der Waals surface area contributed by atoms with Gasteiger partial charge >= 0.3 is 12.1 Å². The van der Waals surface area contributed by atoms with Crippen molar-refractivity contribution in [2.24, 2.45) is 5.92 Å². The smallest absolute Gasteiger partial charge is 0.419 e. The molecule has 3 aromatic rings. The third-order valence-electron chi connectivity index (χ3n) is 5.62. The maximum absolute atomic E-state index is 12.8. The van der Waals surface area contributed by atoms with Crippen LogP contribution in [0.5, 0.6) is 0 Å². The maximum atomic E-state index is 12.8. The zero-order valence-electron chi connectivity index (χ0n) is 19.5. The summed E-state index contributed by atoms with van der Waals surface area (Å²) in [6.45, 7) is 4.34. The summed E-state index contributed by atoms with van der Waals surface area (Å²) in [5.41, 5.74) is 2.33. The van der Waals surface area contributed by atoms with E-state index in [4.69, 9.17) is 5.11 Å². The molecule has 1 unspecified atom stereocenters. The van der Waals surface area contributed by atoms with Crippen LogP contribution in [0.2, 0.25) is 0 Å². The average molecular weight is 488 g/mol. The Morgan fingerprint density at radius 2 is 1.71 bits per heavy atom. The Labute approximate surface area is 201 Å². The SMILES string of the molecule is CC(C)CC(Cc1ccc(-n2cc(C(F)(F)F)cn2)cc1)c1ccc(C(=O)NCCC(=O)O)cc1. The highest BCUT2D eigenvalue weighted by atomic mass is 19.4. The molecule has 0 saturated heterocycles. The van der Waals surface area contributed by atoms with Gasteiger partial charge in [-0.2, -0.15) is 18.3 Å². The number of hydrogen-bond acceptors (Lipinski definition) is 3. The number of aliphatic carboxylic acids is 1. The first-order chi connectivity index (χ1) is 16.5. The van der Waals surface area contributed by atoms with Crippen LogP contribution in [0.1, 0.15) is 59.7 Å². The number of nitrogens with one attached hydrogen (secondary N) is 1. The summed E-state index contributed by atoms with van der Waals surface area (Å²) < 4.78 is 39.7. The Morgan fingerprint density at radius 1 is 1.06 bits per heavy atom. The van der Waals surface area contributed by atoms with E-state index in [0.29, 0.717) is 17.2 Å². The minimum Gasteiger partial charge on any atom is -0.481 e. The van der Waals surface area contributed by atoms with Crippen molar-refractivity contribution in [3.63, 3.8) is 0 Å². The fraction of sp³-hybridized carbons (Fsp3) is 0.346. The summed E-state index contributed by atoms with van der Waals surface area (Å²) >= 11 is 0. The Hall–Kier alpha value is -3.62. The lowest BCUT2D eigenvalue weighted by Gasteiger charge is -2.20. The van der Waals surface area contributed by atoms with Crippen LogP contribution >= 0.6 is 0 Å². The summed E-state index contributed by atoms with van der Waals surface area (Å²) in [6.07, 6.45) is -1.14. The van der Waals surface area contributed by atoms with Crippen LogP contribution in [-0.4, -0.2) is 33.3 Å². The van der Waals surface area contributed by atoms with Crippen molar-refractivity contribution >= 4 is 11.9 Å². The molecule has 0 bridgehead atoms. The Bertz CT molecular complexity index is 1140. The second kappa shape index (κ2) is 11.2. The quantitative estimate of drug-likeness (QED) is 0.397. The van der Waals surface area contributed by atoms with Crippen LogP contribution < -0.4 is 5.32 Å². The molecular weight excluding hydrogens is 459 g/mol. The first-order valence-corrected chi connectivity index (χ1v) is 11.3. The van der Waals surface area contributed by atoms with E-state index in [2.05, 4.69) is 24.3 Å². The Morgan fingerprint density at radius 3 is 2.26 bits per heavy atom. The van der Waals surface area contributed by atoms with Crippen LogP contribution in [0.25, 0.3) is 5.69 Å². The second-order valence-electron chi connectivity index (χ2n) is 8.89. The molecule has 9 heteroatoms. The summed E-state index contributed by atoms with van der Waals surface area (Å²) in [6, 6.07) is 14.6. The van der Waals surface area contributed by atoms with Crippen molar-refractivity contribution in [1.29, 1.82) is 0 Å². The van der Waals surface area contributed by atoms with Gasteiger partial charge in [0.15, 0.2) is 0 Å². The van der Waals surface area contributed by atoms with Gasteiger partial charge in [-0.3, -0.25) is 9.59 Å². The van der Waals surface area contributed by atoms with Crippen molar-refractivity contribution in [1.82, 2.24) is 15.1 Å². The molecular formula is C26H28F3N3O3. The molecule has 0 aliphatic rings. The Kier molecular flexibility index (Phi) is 8.32. The molecule has 0 radical (unpaired) electrons. The normalized spacial score (nSPS) is 12.5. The van der Waals surface area contributed by atoms with Gasteiger partial charge in [0.1, 0.15) is 0 Å². The lowest BCUT2D eigenvalue weighted by atomic mass is 9.85. The van der Waals surface area contributed by atoms with Crippen LogP contribution in [0.4, 0.5) is 13.2 Å². The molecule has 0 aliphatic carbocycles. The minimum atomic E-state index is -4.43. The number of alkyl halides is 3. The number of carbonyl (C=O) groups excluding carboxylic acids is 1. The highest BCUT2D eigenvalue weighted by Gasteiger charge is 2.32. The summed E-state index contributed by atoms with van der Waals surface area (Å²) in [5, 5.41) is 15.1. The highest BCUT2D eigenvalue weighted by molar-refractivity contribution is 5.94. The lowest BCUT2D eigenvalue weighted by Crippen LogP contribution is -2.26. The molecule has 1 amide bonds. The molecule has 2 aromatic carbocycles. The topological polar surface area (TPSA) is 84.2 Å². The van der Waals surface area contributed by atoms with E-state index in [1.165, 1.54) is 4.68 Å². The molecule has 1 atom stereocenters. The van der Waals surface area contributed by atoms with Gasteiger partial charge < -0.3 is 10.4 Å². The van der Waals surface area contributed by atoms with Gasteiger partial charge in [0.25, 0.3) is 5.91 Å². The fourth-order valence-electron chi connectivity index (χ4n) is 3.88. The highest BCUT2D eigenvalue weighted by Crippen LogP contribution is 2.30. The van der Waals surface area contributed by atoms with Gasteiger partial charge in [0.2, 0.25) is 0 Å². The van der Waals surface area contributed by atoms with Crippen LogP contribution in [0.15, 0.2) is 60.9 Å². The number of benzene rings is 2.